The minimum Gasteiger partial charge on any atom is -0.459 e. The van der Waals surface area contributed by atoms with Gasteiger partial charge in [0.1, 0.15) is 11.4 Å². The van der Waals surface area contributed by atoms with Crippen molar-refractivity contribution >= 4 is 5.97 Å². The van der Waals surface area contributed by atoms with Crippen molar-refractivity contribution in [3.05, 3.63) is 27.9 Å². The van der Waals surface area contributed by atoms with Crippen LogP contribution in [0.4, 0.5) is 0 Å². The number of rotatable bonds is 2. The molecule has 5 heteroatoms. The normalized spacial score (nSPS) is 18.6. The maximum Gasteiger partial charge on any atom is 0.345 e. The molecule has 0 amide bonds. The molecule has 0 aromatic carbocycles. The van der Waals surface area contributed by atoms with Gasteiger partial charge in [-0.3, -0.25) is 9.36 Å². The molecule has 98 valence electrons. The predicted molar refractivity (Wildman–Crippen MR) is 66.7 cm³/mol. The first-order chi connectivity index (χ1) is 8.50. The van der Waals surface area contributed by atoms with Crippen molar-refractivity contribution in [2.24, 2.45) is 0 Å². The Morgan fingerprint density at radius 3 is 2.94 bits per heavy atom. The summed E-state index contributed by atoms with van der Waals surface area (Å²) in [7, 11) is 0. The van der Waals surface area contributed by atoms with Crippen molar-refractivity contribution in [3.63, 3.8) is 0 Å². The first-order valence-corrected chi connectivity index (χ1v) is 6.32. The fourth-order valence-electron chi connectivity index (χ4n) is 2.25. The Hall–Kier alpha value is -1.65. The summed E-state index contributed by atoms with van der Waals surface area (Å²) in [6.07, 6.45) is 3.87. The minimum absolute atomic E-state index is 0.0289. The van der Waals surface area contributed by atoms with Crippen molar-refractivity contribution in [1.29, 1.82) is 0 Å². The summed E-state index contributed by atoms with van der Waals surface area (Å²) < 4.78 is 6.68. The molecule has 0 aliphatic carbocycles. The van der Waals surface area contributed by atoms with Crippen LogP contribution >= 0.6 is 0 Å². The van der Waals surface area contributed by atoms with Crippen LogP contribution in [0, 0.1) is 0 Å². The third-order valence-corrected chi connectivity index (χ3v) is 3.10. The average Bonchev–Trinajstić information content (AvgIpc) is 2.28. The molecular formula is C13H18N2O3. The fraction of sp³-hybridized carbons (Fsp3) is 0.615. The van der Waals surface area contributed by atoms with Gasteiger partial charge in [0.25, 0.3) is 5.56 Å². The van der Waals surface area contributed by atoms with Gasteiger partial charge in [-0.05, 0) is 33.6 Å². The van der Waals surface area contributed by atoms with E-state index in [-0.39, 0.29) is 23.3 Å². The van der Waals surface area contributed by atoms with Crippen LogP contribution in [0.25, 0.3) is 0 Å². The molecule has 1 atom stereocenters. The molecule has 0 radical (unpaired) electrons. The summed E-state index contributed by atoms with van der Waals surface area (Å²) in [5.41, 5.74) is -0.251. The molecule has 0 fully saturated rings. The maximum atomic E-state index is 12.3. The highest BCUT2D eigenvalue weighted by Gasteiger charge is 2.23. The zero-order chi connectivity index (χ0) is 13.3. The minimum atomic E-state index is -0.587. The highest BCUT2D eigenvalue weighted by atomic mass is 16.5. The Labute approximate surface area is 106 Å². The second kappa shape index (κ2) is 4.92. The van der Waals surface area contributed by atoms with Gasteiger partial charge in [0.2, 0.25) is 0 Å². The molecule has 1 aromatic heterocycles. The standard InChI is InChI=1S/C13H18N2O3/c1-8(2)18-13(17)10-7-14-11-6-4-5-9(3)15(11)12(10)16/h7-9H,4-6H2,1-3H3. The van der Waals surface area contributed by atoms with Gasteiger partial charge in [-0.15, -0.1) is 0 Å². The van der Waals surface area contributed by atoms with E-state index in [2.05, 4.69) is 4.98 Å². The van der Waals surface area contributed by atoms with Gasteiger partial charge in [0.15, 0.2) is 0 Å². The van der Waals surface area contributed by atoms with E-state index in [9.17, 15) is 9.59 Å². The molecule has 0 saturated carbocycles. The fourth-order valence-corrected chi connectivity index (χ4v) is 2.25. The lowest BCUT2D eigenvalue weighted by Crippen LogP contribution is -2.35. The van der Waals surface area contributed by atoms with Crippen LogP contribution in [0.2, 0.25) is 0 Å². The van der Waals surface area contributed by atoms with E-state index in [1.54, 1.807) is 18.4 Å². The van der Waals surface area contributed by atoms with E-state index in [1.165, 1.54) is 6.20 Å². The molecule has 2 heterocycles. The lowest BCUT2D eigenvalue weighted by Gasteiger charge is -2.24. The second-order valence-electron chi connectivity index (χ2n) is 4.96. The first kappa shape index (κ1) is 12.8. The highest BCUT2D eigenvalue weighted by Crippen LogP contribution is 2.20. The number of fused-ring (bicyclic) bond motifs is 1. The number of hydrogen-bond acceptors (Lipinski definition) is 4. The van der Waals surface area contributed by atoms with Gasteiger partial charge in [-0.25, -0.2) is 9.78 Å². The number of carbonyl (C=O) groups excluding carboxylic acids is 1. The summed E-state index contributed by atoms with van der Waals surface area (Å²) in [6.45, 7) is 5.48. The van der Waals surface area contributed by atoms with Crippen LogP contribution in [-0.2, 0) is 11.2 Å². The molecule has 1 aromatic rings. The molecular weight excluding hydrogens is 232 g/mol. The topological polar surface area (TPSA) is 61.2 Å². The van der Waals surface area contributed by atoms with Crippen LogP contribution in [0.15, 0.2) is 11.0 Å². The molecule has 1 aliphatic rings. The molecule has 0 saturated heterocycles. The van der Waals surface area contributed by atoms with Gasteiger partial charge >= 0.3 is 5.97 Å². The maximum absolute atomic E-state index is 12.3. The summed E-state index contributed by atoms with van der Waals surface area (Å²) in [5, 5.41) is 0. The molecule has 1 aliphatic heterocycles. The smallest absolute Gasteiger partial charge is 0.345 e. The summed E-state index contributed by atoms with van der Waals surface area (Å²) in [4.78, 5) is 28.3. The summed E-state index contributed by atoms with van der Waals surface area (Å²) in [5.74, 6) is 0.176. The Kier molecular flexibility index (Phi) is 3.50. The van der Waals surface area contributed by atoms with E-state index in [1.807, 2.05) is 6.92 Å². The number of esters is 1. The van der Waals surface area contributed by atoms with Gasteiger partial charge < -0.3 is 4.74 Å². The molecule has 2 rings (SSSR count). The Morgan fingerprint density at radius 1 is 1.56 bits per heavy atom. The molecule has 1 unspecified atom stereocenters. The van der Waals surface area contributed by atoms with Crippen LogP contribution < -0.4 is 5.56 Å². The van der Waals surface area contributed by atoms with Gasteiger partial charge in [0.05, 0.1) is 6.10 Å². The Bertz CT molecular complexity index is 519. The van der Waals surface area contributed by atoms with Crippen LogP contribution in [0.5, 0.6) is 0 Å². The second-order valence-corrected chi connectivity index (χ2v) is 4.96. The monoisotopic (exact) mass is 250 g/mol. The van der Waals surface area contributed by atoms with Crippen molar-refractivity contribution in [3.8, 4) is 0 Å². The Balaban J connectivity index is 2.43. The molecule has 5 nitrogen and oxygen atoms in total. The van der Waals surface area contributed by atoms with E-state index < -0.39 is 5.97 Å². The van der Waals surface area contributed by atoms with E-state index >= 15 is 0 Å². The molecule has 0 N–H and O–H groups in total. The largest absolute Gasteiger partial charge is 0.459 e. The van der Waals surface area contributed by atoms with Crippen molar-refractivity contribution in [1.82, 2.24) is 9.55 Å². The lowest BCUT2D eigenvalue weighted by molar-refractivity contribution is 0.0374. The number of carbonyl (C=O) groups is 1. The number of ether oxygens (including phenoxy) is 1. The van der Waals surface area contributed by atoms with Crippen molar-refractivity contribution in [2.45, 2.75) is 52.2 Å². The quantitative estimate of drug-likeness (QED) is 0.750. The summed E-state index contributed by atoms with van der Waals surface area (Å²) in [6, 6.07) is 0.0977. The van der Waals surface area contributed by atoms with Crippen molar-refractivity contribution < 1.29 is 9.53 Å². The SMILES string of the molecule is CC(C)OC(=O)c1cnc2n(c1=O)C(C)CCC2. The Morgan fingerprint density at radius 2 is 2.28 bits per heavy atom. The third kappa shape index (κ3) is 2.30. The highest BCUT2D eigenvalue weighted by molar-refractivity contribution is 5.88. The zero-order valence-corrected chi connectivity index (χ0v) is 11.0. The third-order valence-electron chi connectivity index (χ3n) is 3.10. The number of hydrogen-bond donors (Lipinski definition) is 0. The van der Waals surface area contributed by atoms with E-state index in [0.29, 0.717) is 0 Å². The summed E-state index contributed by atoms with van der Waals surface area (Å²) >= 11 is 0. The molecule has 0 spiro atoms. The number of nitrogens with zero attached hydrogens (tertiary/aromatic N) is 2. The lowest BCUT2D eigenvalue weighted by atomic mass is 10.1. The van der Waals surface area contributed by atoms with Crippen LogP contribution in [0.3, 0.4) is 0 Å². The molecule has 0 bridgehead atoms. The zero-order valence-electron chi connectivity index (χ0n) is 11.0. The molecule has 18 heavy (non-hydrogen) atoms. The van der Waals surface area contributed by atoms with Gasteiger partial charge in [-0.2, -0.15) is 0 Å². The van der Waals surface area contributed by atoms with E-state index in [0.717, 1.165) is 25.1 Å². The van der Waals surface area contributed by atoms with Gasteiger partial charge in [0, 0.05) is 18.7 Å². The number of aromatic nitrogens is 2. The van der Waals surface area contributed by atoms with Crippen molar-refractivity contribution in [2.75, 3.05) is 0 Å². The predicted octanol–water partition coefficient (Wildman–Crippen LogP) is 1.71. The number of aryl methyl sites for hydroxylation is 1. The van der Waals surface area contributed by atoms with Gasteiger partial charge in [-0.1, -0.05) is 0 Å². The van der Waals surface area contributed by atoms with Crippen LogP contribution in [-0.4, -0.2) is 21.6 Å². The van der Waals surface area contributed by atoms with E-state index in [4.69, 9.17) is 4.74 Å². The first-order valence-electron chi connectivity index (χ1n) is 6.32. The average molecular weight is 250 g/mol. The van der Waals surface area contributed by atoms with Crippen LogP contribution in [0.1, 0.15) is 55.8 Å².